The van der Waals surface area contributed by atoms with Crippen molar-refractivity contribution in [3.05, 3.63) is 56.7 Å². The SMILES string of the molecule is COC1=Nc2cc(Cl)ccc2/C(=C/C(=O)O)c2sccc21. The van der Waals surface area contributed by atoms with Gasteiger partial charge in [-0.15, -0.1) is 11.3 Å². The van der Waals surface area contributed by atoms with Crippen LogP contribution in [0.3, 0.4) is 0 Å². The molecule has 0 saturated heterocycles. The summed E-state index contributed by atoms with van der Waals surface area (Å²) in [6.45, 7) is 0. The van der Waals surface area contributed by atoms with Crippen LogP contribution in [0.5, 0.6) is 0 Å². The van der Waals surface area contributed by atoms with E-state index in [1.165, 1.54) is 24.5 Å². The van der Waals surface area contributed by atoms with Gasteiger partial charge in [0.05, 0.1) is 18.4 Å². The minimum Gasteiger partial charge on any atom is -0.481 e. The molecule has 0 saturated carbocycles. The normalized spacial score (nSPS) is 15.0. The fourth-order valence-electron chi connectivity index (χ4n) is 2.23. The van der Waals surface area contributed by atoms with Crippen molar-refractivity contribution >= 4 is 46.1 Å². The zero-order chi connectivity index (χ0) is 15.0. The Morgan fingerprint density at radius 2 is 2.19 bits per heavy atom. The number of carbonyl (C=O) groups is 1. The van der Waals surface area contributed by atoms with Crippen LogP contribution in [0.1, 0.15) is 16.0 Å². The molecule has 1 aromatic heterocycles. The highest BCUT2D eigenvalue weighted by Crippen LogP contribution is 2.40. The van der Waals surface area contributed by atoms with Gasteiger partial charge in [-0.05, 0) is 23.6 Å². The number of hydrogen-bond donors (Lipinski definition) is 1. The van der Waals surface area contributed by atoms with Crippen molar-refractivity contribution in [2.45, 2.75) is 0 Å². The highest BCUT2D eigenvalue weighted by atomic mass is 35.5. The average Bonchev–Trinajstić information content (AvgIpc) is 2.87. The first-order valence-corrected chi connectivity index (χ1v) is 7.31. The molecule has 106 valence electrons. The summed E-state index contributed by atoms with van der Waals surface area (Å²) in [5.41, 5.74) is 2.70. The van der Waals surface area contributed by atoms with Gasteiger partial charge in [0.2, 0.25) is 5.90 Å². The van der Waals surface area contributed by atoms with E-state index in [0.717, 1.165) is 16.0 Å². The molecule has 0 atom stereocenters. The van der Waals surface area contributed by atoms with Gasteiger partial charge in [0.25, 0.3) is 0 Å². The summed E-state index contributed by atoms with van der Waals surface area (Å²) in [7, 11) is 1.54. The smallest absolute Gasteiger partial charge is 0.328 e. The molecule has 6 heteroatoms. The molecule has 0 spiro atoms. The van der Waals surface area contributed by atoms with Crippen LogP contribution in [0.2, 0.25) is 5.02 Å². The Balaban J connectivity index is 2.36. The van der Waals surface area contributed by atoms with Crippen LogP contribution in [0, 0.1) is 0 Å². The largest absolute Gasteiger partial charge is 0.481 e. The first-order valence-electron chi connectivity index (χ1n) is 6.05. The Labute approximate surface area is 130 Å². The Morgan fingerprint density at radius 1 is 1.38 bits per heavy atom. The molecular weight excluding hydrogens is 310 g/mol. The molecule has 1 aromatic carbocycles. The Bertz CT molecular complexity index is 792. The fraction of sp³-hybridized carbons (Fsp3) is 0.0667. The molecule has 0 amide bonds. The number of thiophene rings is 1. The zero-order valence-corrected chi connectivity index (χ0v) is 12.5. The number of carboxylic acid groups (broad SMARTS) is 1. The van der Waals surface area contributed by atoms with Crippen molar-refractivity contribution in [1.82, 2.24) is 0 Å². The van der Waals surface area contributed by atoms with Gasteiger partial charge in [-0.1, -0.05) is 17.7 Å². The van der Waals surface area contributed by atoms with Gasteiger partial charge in [0, 0.05) is 27.1 Å². The van der Waals surface area contributed by atoms with E-state index in [1.54, 1.807) is 18.2 Å². The maximum atomic E-state index is 11.2. The van der Waals surface area contributed by atoms with Crippen LogP contribution >= 0.6 is 22.9 Å². The molecule has 0 unspecified atom stereocenters. The predicted molar refractivity (Wildman–Crippen MR) is 83.7 cm³/mol. The molecule has 2 heterocycles. The van der Waals surface area contributed by atoms with Gasteiger partial charge in [-0.2, -0.15) is 0 Å². The number of aliphatic imine (C=N–C) groups is 1. The molecule has 21 heavy (non-hydrogen) atoms. The van der Waals surface area contributed by atoms with Crippen molar-refractivity contribution < 1.29 is 14.6 Å². The van der Waals surface area contributed by atoms with E-state index in [4.69, 9.17) is 21.4 Å². The number of fused-ring (bicyclic) bond motifs is 2. The van der Waals surface area contributed by atoms with Gasteiger partial charge in [-0.3, -0.25) is 0 Å². The number of benzene rings is 1. The van der Waals surface area contributed by atoms with Gasteiger partial charge in [-0.25, -0.2) is 9.79 Å². The lowest BCUT2D eigenvalue weighted by molar-refractivity contribution is -0.131. The van der Waals surface area contributed by atoms with Crippen LogP contribution < -0.4 is 0 Å². The van der Waals surface area contributed by atoms with Crippen LogP contribution in [0.25, 0.3) is 5.57 Å². The van der Waals surface area contributed by atoms with E-state index in [-0.39, 0.29) is 0 Å². The number of hydrogen-bond acceptors (Lipinski definition) is 4. The van der Waals surface area contributed by atoms with E-state index >= 15 is 0 Å². The maximum Gasteiger partial charge on any atom is 0.328 e. The number of ether oxygens (including phenoxy) is 1. The highest BCUT2D eigenvalue weighted by molar-refractivity contribution is 7.11. The lowest BCUT2D eigenvalue weighted by atomic mass is 10.0. The fourth-order valence-corrected chi connectivity index (χ4v) is 3.31. The lowest BCUT2D eigenvalue weighted by Crippen LogP contribution is -2.02. The second-order valence-corrected chi connectivity index (χ2v) is 5.69. The Morgan fingerprint density at radius 3 is 2.90 bits per heavy atom. The molecule has 3 rings (SSSR count). The number of rotatable bonds is 1. The summed E-state index contributed by atoms with van der Waals surface area (Å²) in [5.74, 6) is -0.560. The van der Waals surface area contributed by atoms with Crippen molar-refractivity contribution in [1.29, 1.82) is 0 Å². The molecule has 0 aliphatic carbocycles. The second-order valence-electron chi connectivity index (χ2n) is 4.34. The highest BCUT2D eigenvalue weighted by Gasteiger charge is 2.23. The maximum absolute atomic E-state index is 11.2. The molecule has 1 N–H and O–H groups in total. The summed E-state index contributed by atoms with van der Waals surface area (Å²) in [5, 5.41) is 11.6. The number of halogens is 1. The number of carboxylic acids is 1. The van der Waals surface area contributed by atoms with Gasteiger partial charge in [0.15, 0.2) is 0 Å². The zero-order valence-electron chi connectivity index (χ0n) is 11.0. The molecular formula is C15H10ClNO3S. The van der Waals surface area contributed by atoms with Crippen molar-refractivity contribution in [3.8, 4) is 0 Å². The standard InChI is InChI=1S/C15H10ClNO3S/c1-20-15-10-4-5-21-14(10)11(7-13(18)19)9-3-2-8(16)6-12(9)17-15/h2-7H,1H3,(H,18,19)/b11-7-. The second kappa shape index (κ2) is 5.35. The summed E-state index contributed by atoms with van der Waals surface area (Å²) in [6.07, 6.45) is 1.19. The van der Waals surface area contributed by atoms with Gasteiger partial charge >= 0.3 is 5.97 Å². The lowest BCUT2D eigenvalue weighted by Gasteiger charge is -2.07. The van der Waals surface area contributed by atoms with Crippen LogP contribution in [0.15, 0.2) is 40.7 Å². The summed E-state index contributed by atoms with van der Waals surface area (Å²) in [4.78, 5) is 16.5. The van der Waals surface area contributed by atoms with E-state index in [1.807, 2.05) is 11.4 Å². The quantitative estimate of drug-likeness (QED) is 0.809. The minimum absolute atomic E-state index is 0.448. The van der Waals surface area contributed by atoms with E-state index in [0.29, 0.717) is 22.2 Å². The summed E-state index contributed by atoms with van der Waals surface area (Å²) in [6, 6.07) is 7.06. The number of aliphatic carboxylic acids is 1. The molecule has 0 fully saturated rings. The Kier molecular flexibility index (Phi) is 3.53. The van der Waals surface area contributed by atoms with Crippen molar-refractivity contribution in [3.63, 3.8) is 0 Å². The van der Waals surface area contributed by atoms with Crippen molar-refractivity contribution in [2.75, 3.05) is 7.11 Å². The van der Waals surface area contributed by atoms with Crippen molar-refractivity contribution in [2.24, 2.45) is 4.99 Å². The molecule has 4 nitrogen and oxygen atoms in total. The van der Waals surface area contributed by atoms with E-state index in [2.05, 4.69) is 4.99 Å². The Hall–Kier alpha value is -2.11. The number of methoxy groups -OCH3 is 1. The monoisotopic (exact) mass is 319 g/mol. The van der Waals surface area contributed by atoms with Crippen LogP contribution in [0.4, 0.5) is 5.69 Å². The van der Waals surface area contributed by atoms with Gasteiger partial charge in [0.1, 0.15) is 0 Å². The van der Waals surface area contributed by atoms with Gasteiger partial charge < -0.3 is 9.84 Å². The third-order valence-electron chi connectivity index (χ3n) is 3.07. The minimum atomic E-state index is -1.01. The summed E-state index contributed by atoms with van der Waals surface area (Å²) < 4.78 is 5.34. The summed E-state index contributed by atoms with van der Waals surface area (Å²) >= 11 is 7.47. The molecule has 1 aliphatic heterocycles. The molecule has 0 bridgehead atoms. The number of nitrogens with zero attached hydrogens (tertiary/aromatic N) is 1. The first kappa shape index (κ1) is 13.9. The van der Waals surface area contributed by atoms with E-state index < -0.39 is 5.97 Å². The molecule has 1 aliphatic rings. The van der Waals surface area contributed by atoms with Crippen LogP contribution in [-0.4, -0.2) is 24.1 Å². The topological polar surface area (TPSA) is 58.9 Å². The first-order chi connectivity index (χ1) is 10.1. The third kappa shape index (κ3) is 2.46. The van der Waals surface area contributed by atoms with Crippen LogP contribution in [-0.2, 0) is 9.53 Å². The molecule has 0 radical (unpaired) electrons. The predicted octanol–water partition coefficient (Wildman–Crippen LogP) is 3.96. The average molecular weight is 320 g/mol. The third-order valence-corrected chi connectivity index (χ3v) is 4.26. The molecule has 2 aromatic rings. The van der Waals surface area contributed by atoms with E-state index in [9.17, 15) is 4.79 Å².